The molecule has 1 unspecified atom stereocenters. The summed E-state index contributed by atoms with van der Waals surface area (Å²) in [6.45, 7) is 1.78. The van der Waals surface area contributed by atoms with E-state index in [0.717, 1.165) is 10.4 Å². The summed E-state index contributed by atoms with van der Waals surface area (Å²) in [6.07, 6.45) is 0. The molecule has 0 aliphatic heterocycles. The molecule has 16 heavy (non-hydrogen) atoms. The van der Waals surface area contributed by atoms with Crippen LogP contribution in [-0.2, 0) is 21.4 Å². The van der Waals surface area contributed by atoms with E-state index in [2.05, 4.69) is 0 Å². The van der Waals surface area contributed by atoms with E-state index in [4.69, 9.17) is 4.55 Å². The Bertz CT molecular complexity index is 499. The lowest BCUT2D eigenvalue weighted by molar-refractivity contribution is 0.483. The molecule has 1 rings (SSSR count). The van der Waals surface area contributed by atoms with E-state index >= 15 is 0 Å². The molecule has 1 atom stereocenters. The fourth-order valence-electron chi connectivity index (χ4n) is 1.17. The van der Waals surface area contributed by atoms with Gasteiger partial charge in [0.05, 0.1) is 4.90 Å². The van der Waals surface area contributed by atoms with E-state index in [1.165, 1.54) is 18.2 Å². The first-order valence-corrected chi connectivity index (χ1v) is 6.78. The molecule has 8 heteroatoms. The van der Waals surface area contributed by atoms with Crippen LogP contribution in [0, 0.1) is 0 Å². The Morgan fingerprint density at radius 2 is 2.12 bits per heavy atom. The van der Waals surface area contributed by atoms with Gasteiger partial charge in [-0.1, -0.05) is 6.07 Å². The smallest absolute Gasteiger partial charge is 0.294 e. The average molecular weight is 264 g/mol. The lowest BCUT2D eigenvalue weighted by atomic mass is 10.3. The molecule has 6 nitrogen and oxygen atoms in total. The fraction of sp³-hybridized carbons (Fsp3) is 0.250. The molecule has 0 radical (unpaired) electrons. The van der Waals surface area contributed by atoms with Crippen LogP contribution in [0.2, 0.25) is 0 Å². The number of anilines is 1. The summed E-state index contributed by atoms with van der Waals surface area (Å²) in [5.74, 6) is 0. The molecule has 1 aromatic rings. The number of benzene rings is 1. The van der Waals surface area contributed by atoms with Crippen molar-refractivity contribution in [3.8, 4) is 0 Å². The number of nitrogens with zero attached hydrogens (tertiary/aromatic N) is 1. The number of rotatable bonds is 4. The minimum absolute atomic E-state index is 0.172. The van der Waals surface area contributed by atoms with E-state index in [1.807, 2.05) is 0 Å². The standard InChI is InChI=1S/C8H11NO5S2/c1-2-9(15(10)11)7-4-3-5-8(6-7)16(12,13)14/h3-6H,2H2,1H3,(H,10,11)(H,12,13,14)/p-1. The van der Waals surface area contributed by atoms with Gasteiger partial charge in [-0.3, -0.25) is 8.76 Å². The molecule has 90 valence electrons. The first kappa shape index (κ1) is 13.1. The third kappa shape index (κ3) is 3.01. The zero-order valence-corrected chi connectivity index (χ0v) is 9.99. The van der Waals surface area contributed by atoms with Gasteiger partial charge in [-0.05, 0) is 25.1 Å². The third-order valence-corrected chi connectivity index (χ3v) is 3.55. The topological polar surface area (TPSA) is 97.7 Å². The van der Waals surface area contributed by atoms with E-state index < -0.39 is 21.4 Å². The lowest BCUT2D eigenvalue weighted by Crippen LogP contribution is -2.24. The van der Waals surface area contributed by atoms with Crippen molar-refractivity contribution in [3.05, 3.63) is 24.3 Å². The van der Waals surface area contributed by atoms with Gasteiger partial charge in [0.25, 0.3) is 10.1 Å². The maximum Gasteiger partial charge on any atom is 0.294 e. The summed E-state index contributed by atoms with van der Waals surface area (Å²) < 4.78 is 53.1. The molecule has 0 aliphatic rings. The summed E-state index contributed by atoms with van der Waals surface area (Å²) in [6, 6.07) is 5.07. The van der Waals surface area contributed by atoms with Crippen LogP contribution in [-0.4, -0.2) is 28.3 Å². The van der Waals surface area contributed by atoms with Gasteiger partial charge in [0.2, 0.25) is 0 Å². The number of hydrogen-bond donors (Lipinski definition) is 1. The average Bonchev–Trinajstić information content (AvgIpc) is 2.17. The molecule has 0 heterocycles. The van der Waals surface area contributed by atoms with Gasteiger partial charge in [-0.25, -0.2) is 0 Å². The van der Waals surface area contributed by atoms with Crippen molar-refractivity contribution in [2.24, 2.45) is 0 Å². The molecule has 0 saturated carbocycles. The Balaban J connectivity index is 3.22. The van der Waals surface area contributed by atoms with E-state index in [-0.39, 0.29) is 17.1 Å². The van der Waals surface area contributed by atoms with Crippen molar-refractivity contribution in [3.63, 3.8) is 0 Å². The van der Waals surface area contributed by atoms with Gasteiger partial charge in [0.1, 0.15) is 0 Å². The van der Waals surface area contributed by atoms with Gasteiger partial charge in [0, 0.05) is 23.5 Å². The third-order valence-electron chi connectivity index (χ3n) is 1.87. The van der Waals surface area contributed by atoms with Crippen molar-refractivity contribution in [2.75, 3.05) is 10.8 Å². The molecule has 0 saturated heterocycles. The second-order valence-electron chi connectivity index (χ2n) is 2.88. The highest BCUT2D eigenvalue weighted by Crippen LogP contribution is 2.19. The van der Waals surface area contributed by atoms with Crippen molar-refractivity contribution < 1.29 is 21.7 Å². The quantitative estimate of drug-likeness (QED) is 0.632. The van der Waals surface area contributed by atoms with Crippen LogP contribution in [0.5, 0.6) is 0 Å². The molecule has 0 spiro atoms. The molecule has 0 fully saturated rings. The molecule has 0 aromatic heterocycles. The zero-order chi connectivity index (χ0) is 12.3. The summed E-state index contributed by atoms with van der Waals surface area (Å²) in [4.78, 5) is -0.339. The van der Waals surface area contributed by atoms with Gasteiger partial charge in [0.15, 0.2) is 0 Å². The maximum absolute atomic E-state index is 10.8. The van der Waals surface area contributed by atoms with Gasteiger partial charge in [-0.2, -0.15) is 8.42 Å². The normalized spacial score (nSPS) is 13.4. The monoisotopic (exact) mass is 264 g/mol. The Morgan fingerprint density at radius 3 is 2.56 bits per heavy atom. The molecular formula is C8H10NO5S2-. The predicted molar refractivity (Wildman–Crippen MR) is 58.2 cm³/mol. The highest BCUT2D eigenvalue weighted by Gasteiger charge is 2.12. The first-order valence-electron chi connectivity index (χ1n) is 4.30. The largest absolute Gasteiger partial charge is 0.755 e. The Hall–Kier alpha value is -0.960. The molecule has 0 aliphatic carbocycles. The van der Waals surface area contributed by atoms with Crippen LogP contribution in [0.3, 0.4) is 0 Å². The molecule has 0 amide bonds. The highest BCUT2D eigenvalue weighted by molar-refractivity contribution is 7.85. The van der Waals surface area contributed by atoms with E-state index in [0.29, 0.717) is 0 Å². The van der Waals surface area contributed by atoms with Gasteiger partial charge < -0.3 is 8.86 Å². The van der Waals surface area contributed by atoms with Crippen molar-refractivity contribution >= 4 is 27.1 Å². The van der Waals surface area contributed by atoms with Crippen molar-refractivity contribution in [1.29, 1.82) is 0 Å². The minimum atomic E-state index is -4.32. The van der Waals surface area contributed by atoms with Crippen LogP contribution in [0.4, 0.5) is 5.69 Å². The SMILES string of the molecule is CCN(c1cccc(S(=O)(=O)O)c1)S(=O)[O-]. The zero-order valence-electron chi connectivity index (χ0n) is 8.36. The predicted octanol–water partition coefficient (Wildman–Crippen LogP) is 0.554. The summed E-state index contributed by atoms with van der Waals surface area (Å²) in [7, 11) is -4.32. The van der Waals surface area contributed by atoms with Crippen LogP contribution < -0.4 is 4.31 Å². The van der Waals surface area contributed by atoms with Crippen LogP contribution in [0.1, 0.15) is 6.92 Å². The highest BCUT2D eigenvalue weighted by atomic mass is 32.2. The molecule has 1 N–H and O–H groups in total. The Kier molecular flexibility index (Phi) is 4.03. The molecule has 1 aromatic carbocycles. The second-order valence-corrected chi connectivity index (χ2v) is 5.18. The van der Waals surface area contributed by atoms with Crippen LogP contribution in [0.15, 0.2) is 29.2 Å². The molecule has 0 bridgehead atoms. The maximum atomic E-state index is 10.8. The Labute approximate surface area is 96.1 Å². The summed E-state index contributed by atoms with van der Waals surface area (Å²) in [5.41, 5.74) is 0.186. The van der Waals surface area contributed by atoms with E-state index in [1.54, 1.807) is 6.92 Å². The van der Waals surface area contributed by atoms with Crippen LogP contribution in [0.25, 0.3) is 0 Å². The lowest BCUT2D eigenvalue weighted by Gasteiger charge is -2.24. The van der Waals surface area contributed by atoms with Crippen molar-refractivity contribution in [2.45, 2.75) is 11.8 Å². The number of hydrogen-bond acceptors (Lipinski definition) is 4. The van der Waals surface area contributed by atoms with Crippen LogP contribution >= 0.6 is 0 Å². The van der Waals surface area contributed by atoms with E-state index in [9.17, 15) is 17.2 Å². The summed E-state index contributed by atoms with van der Waals surface area (Å²) in [5, 5.41) is 0. The second kappa shape index (κ2) is 4.91. The Morgan fingerprint density at radius 1 is 1.50 bits per heavy atom. The summed E-state index contributed by atoms with van der Waals surface area (Å²) >= 11 is -2.48. The molecular weight excluding hydrogens is 254 g/mol. The van der Waals surface area contributed by atoms with Gasteiger partial charge >= 0.3 is 0 Å². The fourth-order valence-corrected chi connectivity index (χ4v) is 2.19. The first-order chi connectivity index (χ1) is 7.36. The van der Waals surface area contributed by atoms with Crippen molar-refractivity contribution in [1.82, 2.24) is 0 Å². The minimum Gasteiger partial charge on any atom is -0.755 e. The van der Waals surface area contributed by atoms with Gasteiger partial charge in [-0.15, -0.1) is 0 Å².